The van der Waals surface area contributed by atoms with Crippen LogP contribution in [0.15, 0.2) is 72.8 Å². The number of aryl methyl sites for hydroxylation is 2. The minimum atomic E-state index is -3.82. The highest BCUT2D eigenvalue weighted by atomic mass is 35.5. The van der Waals surface area contributed by atoms with E-state index in [2.05, 4.69) is 5.32 Å². The molecular weight excluding hydrogens is 534 g/mol. The van der Waals surface area contributed by atoms with Gasteiger partial charge in [-0.2, -0.15) is 0 Å². The number of rotatable bonds is 12. The van der Waals surface area contributed by atoms with E-state index in [9.17, 15) is 18.0 Å². The Morgan fingerprint density at radius 3 is 2.15 bits per heavy atom. The van der Waals surface area contributed by atoms with Crippen molar-refractivity contribution in [2.24, 2.45) is 0 Å². The molecule has 7 nitrogen and oxygen atoms in total. The van der Waals surface area contributed by atoms with Crippen LogP contribution in [0.3, 0.4) is 0 Å². The Kier molecular flexibility index (Phi) is 10.5. The number of sulfonamides is 1. The first-order valence-electron chi connectivity index (χ1n) is 12.9. The van der Waals surface area contributed by atoms with Crippen LogP contribution in [0, 0.1) is 13.8 Å². The van der Waals surface area contributed by atoms with Gasteiger partial charge in [0, 0.05) is 24.5 Å². The molecule has 0 saturated carbocycles. The highest BCUT2D eigenvalue weighted by Gasteiger charge is 2.33. The summed E-state index contributed by atoms with van der Waals surface area (Å²) in [6.45, 7) is 5.73. The van der Waals surface area contributed by atoms with Gasteiger partial charge in [-0.1, -0.05) is 73.1 Å². The molecule has 1 N–H and O–H groups in total. The van der Waals surface area contributed by atoms with Crippen LogP contribution in [0.1, 0.15) is 35.6 Å². The second-order valence-corrected chi connectivity index (χ2v) is 12.0. The third-order valence-electron chi connectivity index (χ3n) is 6.29. The third kappa shape index (κ3) is 8.57. The number of nitrogens with zero attached hydrogens (tertiary/aromatic N) is 2. The molecule has 3 aromatic rings. The van der Waals surface area contributed by atoms with Crippen molar-refractivity contribution in [3.05, 3.63) is 100 Å². The fraction of sp³-hybridized carbons (Fsp3) is 0.333. The Hall–Kier alpha value is -3.36. The molecule has 0 aliphatic heterocycles. The van der Waals surface area contributed by atoms with Gasteiger partial charge in [0.1, 0.15) is 12.6 Å². The molecule has 0 aliphatic rings. The van der Waals surface area contributed by atoms with Gasteiger partial charge in [-0.15, -0.1) is 0 Å². The molecule has 1 unspecified atom stereocenters. The van der Waals surface area contributed by atoms with Gasteiger partial charge in [-0.25, -0.2) is 8.42 Å². The molecule has 0 aromatic heterocycles. The van der Waals surface area contributed by atoms with Gasteiger partial charge in [-0.05, 0) is 60.7 Å². The molecule has 9 heteroatoms. The van der Waals surface area contributed by atoms with Crippen molar-refractivity contribution in [1.82, 2.24) is 10.2 Å². The van der Waals surface area contributed by atoms with Crippen molar-refractivity contribution in [2.75, 3.05) is 23.7 Å². The van der Waals surface area contributed by atoms with Gasteiger partial charge in [0.05, 0.1) is 11.9 Å². The van der Waals surface area contributed by atoms with Crippen LogP contribution in [0.2, 0.25) is 5.02 Å². The Labute approximate surface area is 236 Å². The number of carbonyl (C=O) groups is 2. The van der Waals surface area contributed by atoms with Crippen LogP contribution in [0.25, 0.3) is 0 Å². The lowest BCUT2D eigenvalue weighted by Gasteiger charge is -2.33. The number of hydrogen-bond acceptors (Lipinski definition) is 4. The maximum Gasteiger partial charge on any atom is 0.244 e. The number of amides is 2. The highest BCUT2D eigenvalue weighted by Crippen LogP contribution is 2.24. The lowest BCUT2D eigenvalue weighted by Crippen LogP contribution is -2.53. The second kappa shape index (κ2) is 13.6. The average Bonchev–Trinajstić information content (AvgIpc) is 2.88. The number of carbonyl (C=O) groups excluding carboxylic acids is 2. The van der Waals surface area contributed by atoms with Gasteiger partial charge < -0.3 is 10.2 Å². The number of anilines is 1. The number of halogens is 1. The van der Waals surface area contributed by atoms with Gasteiger partial charge in [0.25, 0.3) is 0 Å². The minimum absolute atomic E-state index is 0.0417. The maximum atomic E-state index is 14.1. The zero-order valence-corrected chi connectivity index (χ0v) is 24.4. The summed E-state index contributed by atoms with van der Waals surface area (Å²) in [6.07, 6.45) is 2.07. The Bertz CT molecular complexity index is 1380. The summed E-state index contributed by atoms with van der Waals surface area (Å²) in [5.74, 6) is -0.814. The first kappa shape index (κ1) is 30.2. The molecule has 0 bridgehead atoms. The smallest absolute Gasteiger partial charge is 0.244 e. The summed E-state index contributed by atoms with van der Waals surface area (Å²) in [5.41, 5.74) is 3.68. The molecule has 0 aliphatic carbocycles. The van der Waals surface area contributed by atoms with E-state index in [0.717, 1.165) is 33.7 Å². The van der Waals surface area contributed by atoms with E-state index in [1.54, 1.807) is 30.3 Å². The van der Waals surface area contributed by atoms with E-state index < -0.39 is 28.5 Å². The quantitative estimate of drug-likeness (QED) is 0.336. The molecule has 39 heavy (non-hydrogen) atoms. The first-order valence-corrected chi connectivity index (χ1v) is 15.1. The summed E-state index contributed by atoms with van der Waals surface area (Å²) >= 11 is 6.47. The standard InChI is InChI=1S/C30H36ClN3O4S/c1-5-15-32-30(36)28(19-24-11-7-6-8-12-24)33(20-25-13-9-10-14-27(25)31)29(35)21-34(39(4,37)38)26-17-22(2)16-23(3)18-26/h6-14,16-18,28H,5,15,19-21H2,1-4H3,(H,32,36). The maximum absolute atomic E-state index is 14.1. The molecular formula is C30H36ClN3O4S. The lowest BCUT2D eigenvalue weighted by atomic mass is 10.0. The van der Waals surface area contributed by atoms with Gasteiger partial charge in [-0.3, -0.25) is 13.9 Å². The predicted octanol–water partition coefficient (Wildman–Crippen LogP) is 4.89. The molecule has 0 spiro atoms. The molecule has 3 rings (SSSR count). The van der Waals surface area contributed by atoms with Crippen LogP contribution in [-0.4, -0.2) is 50.5 Å². The van der Waals surface area contributed by atoms with E-state index in [0.29, 0.717) is 22.8 Å². The van der Waals surface area contributed by atoms with Crippen LogP contribution in [-0.2, 0) is 32.6 Å². The van der Waals surface area contributed by atoms with Crippen molar-refractivity contribution in [1.29, 1.82) is 0 Å². The van der Waals surface area contributed by atoms with E-state index >= 15 is 0 Å². The van der Waals surface area contributed by atoms with Crippen molar-refractivity contribution in [3.63, 3.8) is 0 Å². The van der Waals surface area contributed by atoms with Gasteiger partial charge >= 0.3 is 0 Å². The topological polar surface area (TPSA) is 86.8 Å². The van der Waals surface area contributed by atoms with E-state index in [-0.39, 0.29) is 18.9 Å². The Morgan fingerprint density at radius 1 is 0.949 bits per heavy atom. The predicted molar refractivity (Wildman–Crippen MR) is 157 cm³/mol. The fourth-order valence-electron chi connectivity index (χ4n) is 4.44. The third-order valence-corrected chi connectivity index (χ3v) is 7.80. The minimum Gasteiger partial charge on any atom is -0.354 e. The van der Waals surface area contributed by atoms with Crippen molar-refractivity contribution < 1.29 is 18.0 Å². The molecule has 0 radical (unpaired) electrons. The van der Waals surface area contributed by atoms with Crippen molar-refractivity contribution >= 4 is 39.1 Å². The van der Waals surface area contributed by atoms with E-state index in [1.807, 2.05) is 63.2 Å². The summed E-state index contributed by atoms with van der Waals surface area (Å²) in [5, 5.41) is 3.38. The first-order chi connectivity index (χ1) is 18.5. The van der Waals surface area contributed by atoms with Crippen molar-refractivity contribution in [2.45, 2.75) is 46.2 Å². The SMILES string of the molecule is CCCNC(=O)C(Cc1ccccc1)N(Cc1ccccc1Cl)C(=O)CN(c1cc(C)cc(C)c1)S(C)(=O)=O. The van der Waals surface area contributed by atoms with Gasteiger partial charge in [0.2, 0.25) is 21.8 Å². The molecule has 1 atom stereocenters. The monoisotopic (exact) mass is 569 g/mol. The van der Waals surface area contributed by atoms with Crippen LogP contribution < -0.4 is 9.62 Å². The number of nitrogens with one attached hydrogen (secondary N) is 1. The molecule has 208 valence electrons. The van der Waals surface area contributed by atoms with E-state index in [4.69, 9.17) is 11.6 Å². The lowest BCUT2D eigenvalue weighted by molar-refractivity contribution is -0.140. The number of benzene rings is 3. The highest BCUT2D eigenvalue weighted by molar-refractivity contribution is 7.92. The summed E-state index contributed by atoms with van der Waals surface area (Å²) in [4.78, 5) is 29.0. The summed E-state index contributed by atoms with van der Waals surface area (Å²) in [7, 11) is -3.82. The Balaban J connectivity index is 2.07. The van der Waals surface area contributed by atoms with Crippen LogP contribution in [0.4, 0.5) is 5.69 Å². The molecule has 0 saturated heterocycles. The zero-order chi connectivity index (χ0) is 28.6. The van der Waals surface area contributed by atoms with Crippen LogP contribution in [0.5, 0.6) is 0 Å². The normalized spacial score (nSPS) is 12.0. The second-order valence-electron chi connectivity index (χ2n) is 9.73. The summed E-state index contributed by atoms with van der Waals surface area (Å²) < 4.78 is 26.9. The molecule has 2 amide bonds. The van der Waals surface area contributed by atoms with Crippen molar-refractivity contribution in [3.8, 4) is 0 Å². The molecule has 0 fully saturated rings. The number of hydrogen-bond donors (Lipinski definition) is 1. The fourth-order valence-corrected chi connectivity index (χ4v) is 5.47. The zero-order valence-electron chi connectivity index (χ0n) is 22.9. The van der Waals surface area contributed by atoms with E-state index in [1.165, 1.54) is 4.90 Å². The largest absolute Gasteiger partial charge is 0.354 e. The van der Waals surface area contributed by atoms with Crippen LogP contribution >= 0.6 is 11.6 Å². The van der Waals surface area contributed by atoms with Gasteiger partial charge in [0.15, 0.2) is 0 Å². The average molecular weight is 570 g/mol. The Morgan fingerprint density at radius 2 is 1.56 bits per heavy atom. The molecule has 3 aromatic carbocycles. The summed E-state index contributed by atoms with van der Waals surface area (Å²) in [6, 6.07) is 21.1. The molecule has 0 heterocycles.